The molecular formula is C16H14N4O4. The summed E-state index contributed by atoms with van der Waals surface area (Å²) in [5, 5.41) is 18.2. The number of rotatable bonds is 7. The van der Waals surface area contributed by atoms with Gasteiger partial charge in [0, 0.05) is 17.7 Å². The second-order valence-electron chi connectivity index (χ2n) is 4.53. The average Bonchev–Trinajstić information content (AvgIpc) is 2.62. The van der Waals surface area contributed by atoms with Crippen molar-refractivity contribution in [1.29, 1.82) is 0 Å². The molecule has 2 aromatic rings. The Bertz CT molecular complexity index is 770. The number of carbonyl (C=O) groups is 1. The highest BCUT2D eigenvalue weighted by Gasteiger charge is 2.12. The summed E-state index contributed by atoms with van der Waals surface area (Å²) >= 11 is 0. The largest absolute Gasteiger partial charge is 0.399 e. The van der Waals surface area contributed by atoms with Crippen LogP contribution >= 0.6 is 0 Å². The molecule has 0 fully saturated rings. The van der Waals surface area contributed by atoms with Crippen LogP contribution in [0.25, 0.3) is 0 Å². The second-order valence-corrected chi connectivity index (χ2v) is 4.53. The minimum Gasteiger partial charge on any atom is -0.399 e. The van der Waals surface area contributed by atoms with Gasteiger partial charge in [-0.15, -0.1) is 0 Å². The highest BCUT2D eigenvalue weighted by molar-refractivity contribution is 6.64. The second kappa shape index (κ2) is 8.18. The van der Waals surface area contributed by atoms with Crippen LogP contribution in [-0.2, 0) is 4.84 Å². The Hall–Kier alpha value is -3.55. The van der Waals surface area contributed by atoms with E-state index in [9.17, 15) is 14.9 Å². The fourth-order valence-electron chi connectivity index (χ4n) is 1.76. The molecule has 0 bridgehead atoms. The van der Waals surface area contributed by atoms with E-state index in [2.05, 4.69) is 20.5 Å². The Morgan fingerprint density at radius 1 is 1.17 bits per heavy atom. The standard InChI is InChI=1S/C16H14N4O4/c1-24-17-11-15(16(21)12-5-3-2-4-6-12)19-18-13-7-9-14(10-8-13)20(22)23/h2-11,18H,1H3/b17-11+,19-15+. The van der Waals surface area contributed by atoms with Gasteiger partial charge in [0.25, 0.3) is 5.69 Å². The molecule has 0 aliphatic carbocycles. The van der Waals surface area contributed by atoms with E-state index in [1.165, 1.54) is 37.6 Å². The monoisotopic (exact) mass is 326 g/mol. The van der Waals surface area contributed by atoms with Crippen molar-refractivity contribution in [2.45, 2.75) is 0 Å². The fraction of sp³-hybridized carbons (Fsp3) is 0.0625. The van der Waals surface area contributed by atoms with Crippen molar-refractivity contribution < 1.29 is 14.6 Å². The number of non-ortho nitro benzene ring substituents is 1. The predicted octanol–water partition coefficient (Wildman–Crippen LogP) is 2.88. The Kier molecular flexibility index (Phi) is 5.73. The van der Waals surface area contributed by atoms with Crippen LogP contribution in [0.15, 0.2) is 64.9 Å². The number of benzene rings is 2. The molecule has 8 heteroatoms. The van der Waals surface area contributed by atoms with Crippen molar-refractivity contribution in [2.75, 3.05) is 12.5 Å². The number of hydrazone groups is 1. The van der Waals surface area contributed by atoms with Gasteiger partial charge in [-0.1, -0.05) is 35.5 Å². The predicted molar refractivity (Wildman–Crippen MR) is 90.4 cm³/mol. The number of nitrogens with zero attached hydrogens (tertiary/aromatic N) is 3. The Morgan fingerprint density at radius 3 is 2.42 bits per heavy atom. The molecule has 0 saturated heterocycles. The van der Waals surface area contributed by atoms with Crippen molar-refractivity contribution in [3.05, 3.63) is 70.3 Å². The lowest BCUT2D eigenvalue weighted by atomic mass is 10.1. The average molecular weight is 326 g/mol. The molecule has 122 valence electrons. The van der Waals surface area contributed by atoms with E-state index in [-0.39, 0.29) is 17.2 Å². The van der Waals surface area contributed by atoms with Crippen molar-refractivity contribution in [3.63, 3.8) is 0 Å². The number of nitrogens with one attached hydrogen (secondary N) is 1. The summed E-state index contributed by atoms with van der Waals surface area (Å²) in [6, 6.07) is 14.2. The summed E-state index contributed by atoms with van der Waals surface area (Å²) < 4.78 is 0. The summed E-state index contributed by atoms with van der Waals surface area (Å²) in [6.45, 7) is 0. The third kappa shape index (κ3) is 4.47. The lowest BCUT2D eigenvalue weighted by Crippen LogP contribution is -2.17. The number of carbonyl (C=O) groups excluding carboxylic acids is 1. The molecule has 0 spiro atoms. The van der Waals surface area contributed by atoms with Gasteiger partial charge in [0.1, 0.15) is 7.11 Å². The molecule has 0 aliphatic heterocycles. The number of anilines is 1. The molecule has 0 saturated carbocycles. The van der Waals surface area contributed by atoms with Gasteiger partial charge < -0.3 is 4.84 Å². The molecule has 2 aromatic carbocycles. The summed E-state index contributed by atoms with van der Waals surface area (Å²) in [6.07, 6.45) is 1.19. The van der Waals surface area contributed by atoms with E-state index in [1.54, 1.807) is 30.3 Å². The zero-order valence-corrected chi connectivity index (χ0v) is 12.7. The third-order valence-electron chi connectivity index (χ3n) is 2.93. The minimum atomic E-state index is -0.497. The van der Waals surface area contributed by atoms with Gasteiger partial charge in [-0.05, 0) is 12.1 Å². The first kappa shape index (κ1) is 16.8. The maximum absolute atomic E-state index is 12.4. The first-order valence-electron chi connectivity index (χ1n) is 6.86. The van der Waals surface area contributed by atoms with Crippen molar-refractivity contribution >= 4 is 29.1 Å². The van der Waals surface area contributed by atoms with Crippen LogP contribution in [0.4, 0.5) is 11.4 Å². The summed E-state index contributed by atoms with van der Waals surface area (Å²) in [5.74, 6) is -0.342. The minimum absolute atomic E-state index is 0.0291. The molecule has 24 heavy (non-hydrogen) atoms. The van der Waals surface area contributed by atoms with Gasteiger partial charge in [0.2, 0.25) is 5.78 Å². The zero-order chi connectivity index (χ0) is 17.4. The molecule has 1 N–H and O–H groups in total. The van der Waals surface area contributed by atoms with Crippen LogP contribution in [0.2, 0.25) is 0 Å². The summed E-state index contributed by atoms with van der Waals surface area (Å²) in [5.41, 5.74) is 3.60. The number of ketones is 1. The molecule has 8 nitrogen and oxygen atoms in total. The van der Waals surface area contributed by atoms with Gasteiger partial charge in [-0.25, -0.2) is 0 Å². The van der Waals surface area contributed by atoms with Gasteiger partial charge in [0.05, 0.1) is 16.8 Å². The van der Waals surface area contributed by atoms with Crippen LogP contribution in [0.5, 0.6) is 0 Å². The molecule has 0 radical (unpaired) electrons. The van der Waals surface area contributed by atoms with E-state index in [0.29, 0.717) is 11.3 Å². The van der Waals surface area contributed by atoms with E-state index in [0.717, 1.165) is 0 Å². The topological polar surface area (TPSA) is 106 Å². The molecule has 0 unspecified atom stereocenters. The Labute approximate surface area is 137 Å². The number of hydrogen-bond acceptors (Lipinski definition) is 7. The van der Waals surface area contributed by atoms with Crippen LogP contribution in [0, 0.1) is 10.1 Å². The Balaban J connectivity index is 2.21. The summed E-state index contributed by atoms with van der Waals surface area (Å²) in [7, 11) is 1.35. The smallest absolute Gasteiger partial charge is 0.269 e. The molecular weight excluding hydrogens is 312 g/mol. The number of nitro benzene ring substituents is 1. The van der Waals surface area contributed by atoms with E-state index < -0.39 is 4.92 Å². The molecule has 0 aromatic heterocycles. The molecule has 0 amide bonds. The van der Waals surface area contributed by atoms with Gasteiger partial charge >= 0.3 is 0 Å². The van der Waals surface area contributed by atoms with Crippen molar-refractivity contribution in [3.8, 4) is 0 Å². The van der Waals surface area contributed by atoms with E-state index in [1.807, 2.05) is 0 Å². The maximum Gasteiger partial charge on any atom is 0.269 e. The lowest BCUT2D eigenvalue weighted by molar-refractivity contribution is -0.384. The first-order valence-corrected chi connectivity index (χ1v) is 6.86. The van der Waals surface area contributed by atoms with E-state index in [4.69, 9.17) is 0 Å². The third-order valence-corrected chi connectivity index (χ3v) is 2.93. The van der Waals surface area contributed by atoms with Crippen molar-refractivity contribution in [1.82, 2.24) is 0 Å². The van der Waals surface area contributed by atoms with Crippen LogP contribution in [0.3, 0.4) is 0 Å². The number of oxime groups is 1. The normalized spacial score (nSPS) is 11.3. The van der Waals surface area contributed by atoms with Gasteiger partial charge in [0.15, 0.2) is 5.71 Å². The summed E-state index contributed by atoms with van der Waals surface area (Å²) in [4.78, 5) is 27.1. The molecule has 0 atom stereocenters. The Morgan fingerprint density at radius 2 is 1.83 bits per heavy atom. The maximum atomic E-state index is 12.4. The highest BCUT2D eigenvalue weighted by Crippen LogP contribution is 2.15. The lowest BCUT2D eigenvalue weighted by Gasteiger charge is -2.03. The van der Waals surface area contributed by atoms with E-state index >= 15 is 0 Å². The first-order chi connectivity index (χ1) is 11.6. The van der Waals surface area contributed by atoms with Crippen LogP contribution < -0.4 is 5.43 Å². The zero-order valence-electron chi connectivity index (χ0n) is 12.7. The molecule has 2 rings (SSSR count). The molecule has 0 aliphatic rings. The highest BCUT2D eigenvalue weighted by atomic mass is 16.6. The molecule has 0 heterocycles. The van der Waals surface area contributed by atoms with Crippen LogP contribution in [-0.4, -0.2) is 29.7 Å². The van der Waals surface area contributed by atoms with Crippen molar-refractivity contribution in [2.24, 2.45) is 10.3 Å². The quantitative estimate of drug-likeness (QED) is 0.364. The number of nitro groups is 1. The number of hydrogen-bond donors (Lipinski definition) is 1. The van der Waals surface area contributed by atoms with Crippen LogP contribution in [0.1, 0.15) is 10.4 Å². The van der Waals surface area contributed by atoms with Gasteiger partial charge in [-0.3, -0.25) is 20.3 Å². The fourth-order valence-corrected chi connectivity index (χ4v) is 1.76. The van der Waals surface area contributed by atoms with Gasteiger partial charge in [-0.2, -0.15) is 5.10 Å². The number of Topliss-reactive ketones (excluding diaryl/α,β-unsaturated/α-hetero) is 1. The SMILES string of the molecule is CO/N=C/C(=N\Nc1ccc([N+](=O)[O-])cc1)C(=O)c1ccccc1.